The molecule has 0 aromatic heterocycles. The summed E-state index contributed by atoms with van der Waals surface area (Å²) in [7, 11) is 0. The summed E-state index contributed by atoms with van der Waals surface area (Å²) >= 11 is 5.28. The highest BCUT2D eigenvalue weighted by Crippen LogP contribution is 2.16. The molecule has 0 bridgehead atoms. The van der Waals surface area contributed by atoms with E-state index in [1.54, 1.807) is 48.5 Å². The predicted octanol–water partition coefficient (Wildman–Crippen LogP) is 5.30. The van der Waals surface area contributed by atoms with E-state index in [-0.39, 0.29) is 16.9 Å². The molecule has 6 nitrogen and oxygen atoms in total. The van der Waals surface area contributed by atoms with Crippen LogP contribution >= 0.6 is 12.2 Å². The molecule has 0 spiro atoms. The van der Waals surface area contributed by atoms with E-state index in [2.05, 4.69) is 29.8 Å². The number of para-hydroxylation sites is 1. The lowest BCUT2D eigenvalue weighted by molar-refractivity contribution is 0.0952. The summed E-state index contributed by atoms with van der Waals surface area (Å²) < 4.78 is 5.71. The van der Waals surface area contributed by atoms with Crippen LogP contribution in [0.15, 0.2) is 48.5 Å². The van der Waals surface area contributed by atoms with Gasteiger partial charge in [-0.15, -0.1) is 0 Å². The van der Waals surface area contributed by atoms with Crippen molar-refractivity contribution in [2.75, 3.05) is 18.5 Å². The maximum Gasteiger partial charge on any atom is 0.257 e. The first-order valence-electron chi connectivity index (χ1n) is 11.3. The molecule has 7 heteroatoms. The average Bonchev–Trinajstić information content (AvgIpc) is 2.79. The lowest BCUT2D eigenvalue weighted by atomic mass is 10.1. The molecular formula is C25H33N3O3S. The number of hydrogen-bond donors (Lipinski definition) is 3. The van der Waals surface area contributed by atoms with Gasteiger partial charge in [-0.1, -0.05) is 51.7 Å². The Morgan fingerprint density at radius 1 is 0.875 bits per heavy atom. The molecule has 2 aromatic carbocycles. The van der Waals surface area contributed by atoms with Crippen molar-refractivity contribution in [2.24, 2.45) is 0 Å². The minimum absolute atomic E-state index is 0.125. The van der Waals surface area contributed by atoms with Gasteiger partial charge in [-0.3, -0.25) is 14.9 Å². The fraction of sp³-hybridized carbons (Fsp3) is 0.400. The first kappa shape index (κ1) is 25.3. The van der Waals surface area contributed by atoms with Crippen molar-refractivity contribution in [1.29, 1.82) is 0 Å². The monoisotopic (exact) mass is 455 g/mol. The number of carbonyl (C=O) groups excluding carboxylic acids is 2. The number of ether oxygens (including phenoxy) is 1. The van der Waals surface area contributed by atoms with Crippen LogP contribution < -0.4 is 20.7 Å². The number of nitrogens with one attached hydrogen (secondary N) is 3. The number of amides is 2. The number of hydrogen-bond acceptors (Lipinski definition) is 4. The van der Waals surface area contributed by atoms with Crippen LogP contribution in [0.5, 0.6) is 5.75 Å². The maximum atomic E-state index is 12.5. The Bertz CT molecular complexity index is 884. The predicted molar refractivity (Wildman–Crippen MR) is 133 cm³/mol. The van der Waals surface area contributed by atoms with Crippen LogP contribution in [0.25, 0.3) is 0 Å². The van der Waals surface area contributed by atoms with Crippen molar-refractivity contribution >= 4 is 34.8 Å². The molecule has 2 rings (SSSR count). The van der Waals surface area contributed by atoms with Gasteiger partial charge in [0.25, 0.3) is 11.8 Å². The lowest BCUT2D eigenvalue weighted by Crippen LogP contribution is -2.35. The highest BCUT2D eigenvalue weighted by atomic mass is 32.1. The van der Waals surface area contributed by atoms with E-state index in [1.165, 1.54) is 12.8 Å². The quantitative estimate of drug-likeness (QED) is 0.299. The van der Waals surface area contributed by atoms with Crippen molar-refractivity contribution in [3.05, 3.63) is 59.7 Å². The summed E-state index contributed by atoms with van der Waals surface area (Å²) in [6.07, 6.45) is 6.50. The highest BCUT2D eigenvalue weighted by molar-refractivity contribution is 7.80. The third-order valence-corrected chi connectivity index (χ3v) is 5.05. The summed E-state index contributed by atoms with van der Waals surface area (Å²) in [5, 5.41) is 8.62. The normalized spacial score (nSPS) is 10.3. The molecule has 0 saturated heterocycles. The molecule has 0 saturated carbocycles. The first-order chi connectivity index (χ1) is 15.5. The summed E-state index contributed by atoms with van der Waals surface area (Å²) in [5.74, 6) is 0.226. The van der Waals surface area contributed by atoms with Gasteiger partial charge in [0, 0.05) is 12.1 Å². The molecule has 32 heavy (non-hydrogen) atoms. The van der Waals surface area contributed by atoms with Gasteiger partial charge >= 0.3 is 0 Å². The Kier molecular flexibility index (Phi) is 11.2. The van der Waals surface area contributed by atoms with Crippen molar-refractivity contribution in [3.8, 4) is 5.75 Å². The zero-order chi connectivity index (χ0) is 23.2. The van der Waals surface area contributed by atoms with Gasteiger partial charge in [-0.2, -0.15) is 0 Å². The van der Waals surface area contributed by atoms with Crippen LogP contribution in [0, 0.1) is 0 Å². The number of unbranched alkanes of at least 4 members (excludes halogenated alkanes) is 4. The van der Waals surface area contributed by atoms with E-state index in [0.29, 0.717) is 30.0 Å². The third-order valence-electron chi connectivity index (χ3n) is 4.85. The van der Waals surface area contributed by atoms with Gasteiger partial charge in [0.1, 0.15) is 5.75 Å². The summed E-state index contributed by atoms with van der Waals surface area (Å²) in [6, 6.07) is 14.0. The summed E-state index contributed by atoms with van der Waals surface area (Å²) in [6.45, 7) is 5.53. The van der Waals surface area contributed by atoms with E-state index < -0.39 is 0 Å². The number of thiocarbonyl (C=S) groups is 1. The smallest absolute Gasteiger partial charge is 0.257 e. The minimum Gasteiger partial charge on any atom is -0.494 e. The Labute approximate surface area is 196 Å². The van der Waals surface area contributed by atoms with Crippen molar-refractivity contribution < 1.29 is 14.3 Å². The van der Waals surface area contributed by atoms with Crippen LogP contribution in [0.1, 0.15) is 73.1 Å². The van der Waals surface area contributed by atoms with Gasteiger partial charge in [0.05, 0.1) is 17.9 Å². The van der Waals surface area contributed by atoms with Crippen LogP contribution in [-0.4, -0.2) is 30.1 Å². The molecule has 0 aliphatic heterocycles. The fourth-order valence-corrected chi connectivity index (χ4v) is 3.22. The van der Waals surface area contributed by atoms with Gasteiger partial charge in [0.15, 0.2) is 5.11 Å². The van der Waals surface area contributed by atoms with Crippen LogP contribution in [-0.2, 0) is 0 Å². The van der Waals surface area contributed by atoms with Gasteiger partial charge in [-0.25, -0.2) is 0 Å². The van der Waals surface area contributed by atoms with Gasteiger partial charge in [-0.05, 0) is 61.5 Å². The van der Waals surface area contributed by atoms with E-state index in [9.17, 15) is 9.59 Å². The largest absolute Gasteiger partial charge is 0.494 e. The van der Waals surface area contributed by atoms with Crippen molar-refractivity contribution in [3.63, 3.8) is 0 Å². The lowest BCUT2D eigenvalue weighted by Gasteiger charge is -2.14. The molecule has 0 aliphatic carbocycles. The maximum absolute atomic E-state index is 12.5. The molecule has 0 radical (unpaired) electrons. The number of rotatable bonds is 12. The second kappa shape index (κ2) is 14.2. The second-order valence-corrected chi connectivity index (χ2v) is 7.91. The number of carbonyl (C=O) groups is 2. The molecule has 2 aromatic rings. The van der Waals surface area contributed by atoms with Crippen LogP contribution in [0.2, 0.25) is 0 Å². The third kappa shape index (κ3) is 8.67. The van der Waals surface area contributed by atoms with E-state index >= 15 is 0 Å². The molecule has 0 heterocycles. The van der Waals surface area contributed by atoms with Gasteiger partial charge < -0.3 is 15.4 Å². The number of benzene rings is 2. The molecule has 0 fully saturated rings. The Morgan fingerprint density at radius 3 is 2.31 bits per heavy atom. The molecular weight excluding hydrogens is 422 g/mol. The highest BCUT2D eigenvalue weighted by Gasteiger charge is 2.13. The topological polar surface area (TPSA) is 79.5 Å². The Balaban J connectivity index is 1.88. The molecule has 2 amide bonds. The van der Waals surface area contributed by atoms with E-state index in [4.69, 9.17) is 17.0 Å². The van der Waals surface area contributed by atoms with Crippen molar-refractivity contribution in [2.45, 2.75) is 52.4 Å². The van der Waals surface area contributed by atoms with E-state index in [0.717, 1.165) is 31.4 Å². The average molecular weight is 456 g/mol. The van der Waals surface area contributed by atoms with Crippen molar-refractivity contribution in [1.82, 2.24) is 10.6 Å². The minimum atomic E-state index is -0.332. The first-order valence-corrected chi connectivity index (χ1v) is 11.7. The van der Waals surface area contributed by atoms with Crippen LogP contribution in [0.4, 0.5) is 5.69 Å². The molecule has 172 valence electrons. The SMILES string of the molecule is CCCCCCOc1ccc(C(=O)NC(=S)Nc2ccccc2C(=O)NCCCC)cc1. The Morgan fingerprint density at radius 2 is 1.59 bits per heavy atom. The number of anilines is 1. The summed E-state index contributed by atoms with van der Waals surface area (Å²) in [4.78, 5) is 25.0. The standard InChI is InChI=1S/C25H33N3O3S/c1-3-5-7-10-18-31-20-15-13-19(14-16-20)23(29)28-25(32)27-22-12-9-8-11-21(22)24(30)26-17-6-4-2/h8-9,11-16H,3-7,10,17-18H2,1-2H3,(H,26,30)(H2,27,28,29,32). The second-order valence-electron chi connectivity index (χ2n) is 7.50. The molecule has 0 aliphatic rings. The molecule has 0 unspecified atom stereocenters. The summed E-state index contributed by atoms with van der Waals surface area (Å²) in [5.41, 5.74) is 1.48. The molecule has 0 atom stereocenters. The zero-order valence-electron chi connectivity index (χ0n) is 18.9. The fourth-order valence-electron chi connectivity index (χ4n) is 3.01. The van der Waals surface area contributed by atoms with E-state index in [1.807, 2.05) is 0 Å². The zero-order valence-corrected chi connectivity index (χ0v) is 19.7. The van der Waals surface area contributed by atoms with Gasteiger partial charge in [0.2, 0.25) is 0 Å². The van der Waals surface area contributed by atoms with Crippen LogP contribution in [0.3, 0.4) is 0 Å². The molecule has 3 N–H and O–H groups in total. The Hall–Kier alpha value is -2.93.